The maximum absolute atomic E-state index is 12.8. The third-order valence-corrected chi connectivity index (χ3v) is 6.10. The Hall–Kier alpha value is -3.59. The number of hydroxylamine groups is 1. The number of aromatic nitrogens is 3. The molecule has 1 aromatic carbocycles. The van der Waals surface area contributed by atoms with Crippen LogP contribution in [0.1, 0.15) is 12.8 Å². The molecule has 3 unspecified atom stereocenters. The molecule has 1 fully saturated rings. The van der Waals surface area contributed by atoms with Gasteiger partial charge < -0.3 is 20.4 Å². The van der Waals surface area contributed by atoms with Gasteiger partial charge in [-0.2, -0.15) is 4.98 Å². The zero-order valence-electron chi connectivity index (χ0n) is 17.3. The van der Waals surface area contributed by atoms with E-state index in [0.29, 0.717) is 23.5 Å². The molecule has 2 bridgehead atoms. The molecule has 2 aliphatic heterocycles. The molecule has 4 N–H and O–H groups in total. The molecule has 9 nitrogen and oxygen atoms in total. The van der Waals surface area contributed by atoms with Crippen molar-refractivity contribution in [2.45, 2.75) is 18.9 Å². The molecule has 1 amide bonds. The zero-order chi connectivity index (χ0) is 21.4. The van der Waals surface area contributed by atoms with Crippen LogP contribution in [-0.4, -0.2) is 41.1 Å². The lowest BCUT2D eigenvalue weighted by molar-refractivity contribution is -0.139. The number of aromatic amines is 1. The number of carbonyl (C=O) groups excluding carboxylic acids is 1. The van der Waals surface area contributed by atoms with E-state index in [2.05, 4.69) is 32.2 Å². The number of carbonyl (C=O) groups is 1. The molecule has 1 aromatic rings. The molecule has 3 atom stereocenters. The molecule has 2 aliphatic carbocycles. The Bertz CT molecular complexity index is 1110. The molecule has 0 radical (unpaired) electrons. The third-order valence-electron chi connectivity index (χ3n) is 6.10. The van der Waals surface area contributed by atoms with Crippen molar-refractivity contribution < 1.29 is 14.4 Å². The van der Waals surface area contributed by atoms with Gasteiger partial charge in [-0.25, -0.2) is 10.5 Å². The van der Waals surface area contributed by atoms with E-state index in [1.54, 1.807) is 13.3 Å². The highest BCUT2D eigenvalue weighted by Crippen LogP contribution is 2.51. The summed E-state index contributed by atoms with van der Waals surface area (Å²) in [4.78, 5) is 30.1. The second-order valence-corrected chi connectivity index (χ2v) is 7.93. The highest BCUT2D eigenvalue weighted by molar-refractivity contribution is 5.87. The number of ether oxygens (including phenoxy) is 1. The van der Waals surface area contributed by atoms with Crippen LogP contribution in [0.2, 0.25) is 0 Å². The summed E-state index contributed by atoms with van der Waals surface area (Å²) in [5.74, 6) is 2.88. The van der Waals surface area contributed by atoms with Crippen LogP contribution in [0.15, 0.2) is 48.7 Å². The lowest BCUT2D eigenvalue weighted by Crippen LogP contribution is -2.47. The van der Waals surface area contributed by atoms with Gasteiger partial charge in [-0.05, 0) is 37.0 Å². The van der Waals surface area contributed by atoms with Crippen LogP contribution in [0.4, 0.5) is 17.5 Å². The third kappa shape index (κ3) is 3.36. The lowest BCUT2D eigenvalue weighted by atomic mass is 9.82. The zero-order valence-corrected chi connectivity index (χ0v) is 17.3. The Morgan fingerprint density at radius 3 is 3.00 bits per heavy atom. The average Bonchev–Trinajstić information content (AvgIpc) is 3.49. The number of nitrogens with zero attached hydrogens (tertiary/aromatic N) is 2. The molecule has 0 saturated heterocycles. The van der Waals surface area contributed by atoms with Crippen molar-refractivity contribution in [3.8, 4) is 17.1 Å². The van der Waals surface area contributed by atoms with Crippen molar-refractivity contribution >= 4 is 23.4 Å². The van der Waals surface area contributed by atoms with E-state index in [9.17, 15) is 4.79 Å². The van der Waals surface area contributed by atoms with Crippen molar-refractivity contribution in [1.82, 2.24) is 20.4 Å². The monoisotopic (exact) mass is 420 g/mol. The highest BCUT2D eigenvalue weighted by Gasteiger charge is 2.54. The van der Waals surface area contributed by atoms with Gasteiger partial charge >= 0.3 is 0 Å². The van der Waals surface area contributed by atoms with Gasteiger partial charge in [0, 0.05) is 24.0 Å². The van der Waals surface area contributed by atoms with E-state index in [1.807, 2.05) is 36.4 Å². The predicted octanol–water partition coefficient (Wildman–Crippen LogP) is 3.09. The fourth-order valence-corrected chi connectivity index (χ4v) is 4.62. The SMILES string of the molecule is CONC(=O)C12C=CC(CC1Nc1nc(Nc3cccc(OC)c3)[nH]c3nccc1-3)C2. The summed E-state index contributed by atoms with van der Waals surface area (Å²) in [6, 6.07) is 9.40. The fourth-order valence-electron chi connectivity index (χ4n) is 4.62. The molecule has 0 aromatic heterocycles. The van der Waals surface area contributed by atoms with Gasteiger partial charge in [0.05, 0.1) is 25.2 Å². The first-order valence-electron chi connectivity index (χ1n) is 10.2. The fraction of sp³-hybridized carbons (Fsp3) is 0.318. The maximum Gasteiger partial charge on any atom is 0.255 e. The number of H-pyrrole nitrogens is 1. The molecule has 2 heterocycles. The van der Waals surface area contributed by atoms with Crippen molar-refractivity contribution in [3.63, 3.8) is 0 Å². The topological polar surface area (TPSA) is 113 Å². The molecule has 4 aliphatic rings. The van der Waals surface area contributed by atoms with Crippen LogP contribution >= 0.6 is 0 Å². The number of nitrogens with one attached hydrogen (secondary N) is 4. The number of rotatable bonds is 7. The molecule has 160 valence electrons. The van der Waals surface area contributed by atoms with Crippen LogP contribution < -0.4 is 20.9 Å². The summed E-state index contributed by atoms with van der Waals surface area (Å²) in [5.41, 5.74) is 3.56. The van der Waals surface area contributed by atoms with Crippen LogP contribution in [0.25, 0.3) is 11.4 Å². The van der Waals surface area contributed by atoms with Crippen molar-refractivity contribution in [1.29, 1.82) is 0 Å². The Morgan fingerprint density at radius 1 is 1.29 bits per heavy atom. The summed E-state index contributed by atoms with van der Waals surface area (Å²) in [7, 11) is 3.08. The Balaban J connectivity index is 1.45. The molecular formula is C22H24N6O3. The Labute approximate surface area is 179 Å². The largest absolute Gasteiger partial charge is 0.497 e. The van der Waals surface area contributed by atoms with Crippen LogP contribution in [-0.2, 0) is 9.63 Å². The first-order valence-corrected chi connectivity index (χ1v) is 10.2. The molecule has 5 rings (SSSR count). The number of hydrogen-bond donors (Lipinski definition) is 4. The van der Waals surface area contributed by atoms with E-state index in [-0.39, 0.29) is 11.9 Å². The molecule has 1 saturated carbocycles. The minimum absolute atomic E-state index is 0.102. The smallest absolute Gasteiger partial charge is 0.255 e. The normalized spacial score (nSPS) is 23.8. The van der Waals surface area contributed by atoms with Gasteiger partial charge in [0.1, 0.15) is 17.4 Å². The second-order valence-electron chi connectivity index (χ2n) is 7.93. The number of benzene rings is 1. The number of anilines is 3. The molecule has 9 heteroatoms. The van der Waals surface area contributed by atoms with Gasteiger partial charge in [0.25, 0.3) is 5.91 Å². The van der Waals surface area contributed by atoms with E-state index in [0.717, 1.165) is 29.8 Å². The number of amides is 1. The molecular weight excluding hydrogens is 396 g/mol. The highest BCUT2D eigenvalue weighted by atomic mass is 16.6. The molecule has 31 heavy (non-hydrogen) atoms. The quantitative estimate of drug-likeness (QED) is 0.343. The second kappa shape index (κ2) is 7.59. The van der Waals surface area contributed by atoms with E-state index >= 15 is 0 Å². The average molecular weight is 420 g/mol. The summed E-state index contributed by atoms with van der Waals surface area (Å²) >= 11 is 0. The van der Waals surface area contributed by atoms with Gasteiger partial charge in [-0.3, -0.25) is 9.63 Å². The van der Waals surface area contributed by atoms with E-state index in [1.165, 1.54) is 7.11 Å². The van der Waals surface area contributed by atoms with Gasteiger partial charge in [0.15, 0.2) is 0 Å². The summed E-state index contributed by atoms with van der Waals surface area (Å²) in [6.07, 6.45) is 7.46. The van der Waals surface area contributed by atoms with Crippen LogP contribution in [0.5, 0.6) is 5.75 Å². The summed E-state index contributed by atoms with van der Waals surface area (Å²) < 4.78 is 5.29. The number of methoxy groups -OCH3 is 1. The van der Waals surface area contributed by atoms with E-state index in [4.69, 9.17) is 14.6 Å². The summed E-state index contributed by atoms with van der Waals surface area (Å²) in [6.45, 7) is 0. The van der Waals surface area contributed by atoms with Crippen molar-refractivity contribution in [3.05, 3.63) is 48.7 Å². The van der Waals surface area contributed by atoms with Crippen LogP contribution in [0.3, 0.4) is 0 Å². The number of allylic oxidation sites excluding steroid dienone is 1. The number of fused-ring (bicyclic) bond motifs is 3. The minimum Gasteiger partial charge on any atom is -0.497 e. The Morgan fingerprint density at radius 2 is 2.19 bits per heavy atom. The van der Waals surface area contributed by atoms with Gasteiger partial charge in [-0.15, -0.1) is 0 Å². The first-order chi connectivity index (χ1) is 15.1. The van der Waals surface area contributed by atoms with Crippen molar-refractivity contribution in [2.75, 3.05) is 24.9 Å². The summed E-state index contributed by atoms with van der Waals surface area (Å²) in [5, 5.41) is 6.80. The van der Waals surface area contributed by atoms with Crippen molar-refractivity contribution in [2.24, 2.45) is 11.3 Å². The lowest BCUT2D eigenvalue weighted by Gasteiger charge is -2.32. The van der Waals surface area contributed by atoms with Crippen LogP contribution in [0, 0.1) is 11.3 Å². The Kier molecular flexibility index (Phi) is 4.74. The first kappa shape index (κ1) is 19.4. The minimum atomic E-state index is -0.658. The van der Waals surface area contributed by atoms with Gasteiger partial charge in [-0.1, -0.05) is 18.2 Å². The maximum atomic E-state index is 12.8. The standard InChI is InChI=1S/C22H24N6O3/c1-30-15-5-3-4-14(11-15)24-21-26-18-16(7-9-23-18)19(27-21)25-17-10-13-6-8-22(17,12-13)20(29)28-31-2/h3-9,11,13,17H,10,12H2,1-2H3,(H,28,29)(H3,23,24,25,26,27). The number of hydrogen-bond acceptors (Lipinski definition) is 7. The molecule has 0 spiro atoms. The van der Waals surface area contributed by atoms with Gasteiger partial charge in [0.2, 0.25) is 5.95 Å². The predicted molar refractivity (Wildman–Crippen MR) is 116 cm³/mol. The van der Waals surface area contributed by atoms with E-state index < -0.39 is 5.41 Å².